The van der Waals surface area contributed by atoms with Crippen molar-refractivity contribution in [3.05, 3.63) is 33.8 Å². The Hall–Kier alpha value is -0.240. The zero-order valence-electron chi connectivity index (χ0n) is 12.5. The molecule has 0 unspecified atom stereocenters. The maximum Gasteiger partial charge on any atom is 0.0595 e. The molecular formula is C17H25Cl2N. The first kappa shape index (κ1) is 16.1. The third-order valence-electron chi connectivity index (χ3n) is 4.44. The Balaban J connectivity index is 2.30. The first-order valence-electron chi connectivity index (χ1n) is 7.72. The Kier molecular flexibility index (Phi) is 5.77. The Labute approximate surface area is 133 Å². The van der Waals surface area contributed by atoms with E-state index in [4.69, 9.17) is 23.2 Å². The van der Waals surface area contributed by atoms with Gasteiger partial charge in [-0.05, 0) is 30.5 Å². The van der Waals surface area contributed by atoms with Gasteiger partial charge in [0.05, 0.1) is 10.0 Å². The number of hydrogen-bond acceptors (Lipinski definition) is 1. The Morgan fingerprint density at radius 1 is 1.05 bits per heavy atom. The van der Waals surface area contributed by atoms with Crippen LogP contribution in [-0.2, 0) is 5.41 Å². The van der Waals surface area contributed by atoms with Crippen LogP contribution in [0.2, 0.25) is 10.0 Å². The molecule has 1 fully saturated rings. The topological polar surface area (TPSA) is 12.0 Å². The number of halogens is 2. The van der Waals surface area contributed by atoms with E-state index in [2.05, 4.69) is 31.3 Å². The van der Waals surface area contributed by atoms with Crippen LogP contribution in [0.25, 0.3) is 0 Å². The average molecular weight is 314 g/mol. The molecule has 0 aliphatic heterocycles. The van der Waals surface area contributed by atoms with Crippen LogP contribution in [-0.4, -0.2) is 12.6 Å². The molecule has 2 rings (SSSR count). The summed E-state index contributed by atoms with van der Waals surface area (Å²) in [7, 11) is 0. The summed E-state index contributed by atoms with van der Waals surface area (Å²) in [6.45, 7) is 5.45. The smallest absolute Gasteiger partial charge is 0.0595 e. The zero-order chi connectivity index (χ0) is 14.6. The highest BCUT2D eigenvalue weighted by Crippen LogP contribution is 2.40. The van der Waals surface area contributed by atoms with Crippen molar-refractivity contribution in [2.24, 2.45) is 0 Å². The van der Waals surface area contributed by atoms with Gasteiger partial charge >= 0.3 is 0 Å². The molecule has 0 bridgehead atoms. The van der Waals surface area contributed by atoms with Crippen LogP contribution in [0.3, 0.4) is 0 Å². The molecule has 0 spiro atoms. The predicted molar refractivity (Wildman–Crippen MR) is 89.0 cm³/mol. The van der Waals surface area contributed by atoms with Crippen molar-refractivity contribution in [2.75, 3.05) is 6.54 Å². The molecule has 0 aromatic heterocycles. The molecule has 1 aromatic carbocycles. The quantitative estimate of drug-likeness (QED) is 0.715. The van der Waals surface area contributed by atoms with Crippen LogP contribution in [0.15, 0.2) is 18.2 Å². The summed E-state index contributed by atoms with van der Waals surface area (Å²) >= 11 is 12.3. The molecule has 1 nitrogen and oxygen atoms in total. The van der Waals surface area contributed by atoms with Crippen molar-refractivity contribution in [1.82, 2.24) is 5.32 Å². The lowest BCUT2D eigenvalue weighted by Crippen LogP contribution is -2.40. The second-order valence-electron chi connectivity index (χ2n) is 6.36. The normalized spacial score (nSPS) is 19.1. The average Bonchev–Trinajstić information content (AvgIpc) is 2.66. The lowest BCUT2D eigenvalue weighted by atomic mass is 9.74. The zero-order valence-corrected chi connectivity index (χ0v) is 14.0. The standard InChI is InChI=1S/C17H25Cl2N/c1-13(2)20-12-17(9-5-3-4-6-10-17)14-7-8-15(18)16(19)11-14/h7-8,11,13,20H,3-6,9-10,12H2,1-2H3. The molecular weight excluding hydrogens is 289 g/mol. The second-order valence-corrected chi connectivity index (χ2v) is 7.17. The van der Waals surface area contributed by atoms with Crippen molar-refractivity contribution in [3.63, 3.8) is 0 Å². The van der Waals surface area contributed by atoms with Gasteiger partial charge in [-0.15, -0.1) is 0 Å². The molecule has 1 aliphatic rings. The summed E-state index contributed by atoms with van der Waals surface area (Å²) in [5.41, 5.74) is 1.57. The highest BCUT2D eigenvalue weighted by molar-refractivity contribution is 6.42. The molecule has 0 atom stereocenters. The number of benzene rings is 1. The van der Waals surface area contributed by atoms with Crippen molar-refractivity contribution >= 4 is 23.2 Å². The Morgan fingerprint density at radius 2 is 1.70 bits per heavy atom. The Bertz CT molecular complexity index is 435. The Morgan fingerprint density at radius 3 is 2.25 bits per heavy atom. The maximum atomic E-state index is 6.25. The lowest BCUT2D eigenvalue weighted by Gasteiger charge is -2.35. The van der Waals surface area contributed by atoms with E-state index in [-0.39, 0.29) is 5.41 Å². The predicted octanol–water partition coefficient (Wildman–Crippen LogP) is 5.58. The molecule has 1 aromatic rings. The largest absolute Gasteiger partial charge is 0.314 e. The maximum absolute atomic E-state index is 6.25. The van der Waals surface area contributed by atoms with E-state index >= 15 is 0 Å². The fourth-order valence-corrected chi connectivity index (χ4v) is 3.50. The van der Waals surface area contributed by atoms with Gasteiger partial charge in [0.15, 0.2) is 0 Å². The van der Waals surface area contributed by atoms with Gasteiger partial charge in [-0.2, -0.15) is 0 Å². The summed E-state index contributed by atoms with van der Waals surface area (Å²) in [5.74, 6) is 0. The first-order chi connectivity index (χ1) is 9.53. The highest BCUT2D eigenvalue weighted by Gasteiger charge is 2.33. The van der Waals surface area contributed by atoms with Crippen molar-refractivity contribution in [3.8, 4) is 0 Å². The molecule has 1 aliphatic carbocycles. The summed E-state index contributed by atoms with van der Waals surface area (Å²) in [4.78, 5) is 0. The third kappa shape index (κ3) is 3.90. The minimum atomic E-state index is 0.217. The van der Waals surface area contributed by atoms with Gasteiger partial charge in [0.2, 0.25) is 0 Å². The van der Waals surface area contributed by atoms with E-state index in [9.17, 15) is 0 Å². The monoisotopic (exact) mass is 313 g/mol. The van der Waals surface area contributed by atoms with E-state index < -0.39 is 0 Å². The van der Waals surface area contributed by atoms with Crippen LogP contribution in [0.4, 0.5) is 0 Å². The van der Waals surface area contributed by atoms with Crippen molar-refractivity contribution < 1.29 is 0 Å². The molecule has 3 heteroatoms. The fraction of sp³-hybridized carbons (Fsp3) is 0.647. The van der Waals surface area contributed by atoms with E-state index in [1.807, 2.05) is 6.07 Å². The van der Waals surface area contributed by atoms with Crippen LogP contribution >= 0.6 is 23.2 Å². The SMILES string of the molecule is CC(C)NCC1(c2ccc(Cl)c(Cl)c2)CCCCCC1. The van der Waals surface area contributed by atoms with Gasteiger partial charge in [-0.3, -0.25) is 0 Å². The van der Waals surface area contributed by atoms with Gasteiger partial charge in [0.25, 0.3) is 0 Å². The second kappa shape index (κ2) is 7.15. The minimum Gasteiger partial charge on any atom is -0.314 e. The fourth-order valence-electron chi connectivity index (χ4n) is 3.20. The highest BCUT2D eigenvalue weighted by atomic mass is 35.5. The number of hydrogen-bond donors (Lipinski definition) is 1. The van der Waals surface area contributed by atoms with Gasteiger partial charge < -0.3 is 5.32 Å². The first-order valence-corrected chi connectivity index (χ1v) is 8.48. The van der Waals surface area contributed by atoms with Crippen LogP contribution in [0.5, 0.6) is 0 Å². The molecule has 0 saturated heterocycles. The van der Waals surface area contributed by atoms with Crippen LogP contribution in [0, 0.1) is 0 Å². The summed E-state index contributed by atoms with van der Waals surface area (Å²) < 4.78 is 0. The summed E-state index contributed by atoms with van der Waals surface area (Å²) in [5, 5.41) is 4.97. The van der Waals surface area contributed by atoms with Gasteiger partial charge in [-0.1, -0.05) is 68.8 Å². The van der Waals surface area contributed by atoms with E-state index in [0.29, 0.717) is 16.1 Å². The molecule has 1 N–H and O–H groups in total. The lowest BCUT2D eigenvalue weighted by molar-refractivity contribution is 0.336. The van der Waals surface area contributed by atoms with Crippen LogP contribution in [0.1, 0.15) is 57.9 Å². The van der Waals surface area contributed by atoms with Crippen molar-refractivity contribution in [2.45, 2.75) is 63.8 Å². The summed E-state index contributed by atoms with van der Waals surface area (Å²) in [6.07, 6.45) is 7.80. The molecule has 112 valence electrons. The van der Waals surface area contributed by atoms with E-state index in [1.54, 1.807) is 0 Å². The van der Waals surface area contributed by atoms with E-state index in [1.165, 1.54) is 44.1 Å². The molecule has 0 amide bonds. The van der Waals surface area contributed by atoms with Gasteiger partial charge in [0, 0.05) is 18.0 Å². The van der Waals surface area contributed by atoms with Gasteiger partial charge in [-0.25, -0.2) is 0 Å². The molecule has 0 heterocycles. The minimum absolute atomic E-state index is 0.217. The van der Waals surface area contributed by atoms with Crippen molar-refractivity contribution in [1.29, 1.82) is 0 Å². The summed E-state index contributed by atoms with van der Waals surface area (Å²) in [6, 6.07) is 6.71. The number of rotatable bonds is 4. The molecule has 0 radical (unpaired) electrons. The number of nitrogens with one attached hydrogen (secondary N) is 1. The van der Waals surface area contributed by atoms with E-state index in [0.717, 1.165) is 6.54 Å². The molecule has 20 heavy (non-hydrogen) atoms. The third-order valence-corrected chi connectivity index (χ3v) is 5.18. The van der Waals surface area contributed by atoms with Crippen LogP contribution < -0.4 is 5.32 Å². The van der Waals surface area contributed by atoms with Gasteiger partial charge in [0.1, 0.15) is 0 Å². The molecule has 1 saturated carbocycles.